The van der Waals surface area contributed by atoms with Crippen molar-refractivity contribution in [2.45, 2.75) is 64.8 Å². The minimum atomic E-state index is -0.824. The standard InChI is InChI=1S/C28H29FN6O4/c1-16-8-9-18(36)14-33(16)23-10-11-35(32-23)22-12-20(24-17(13-30)6-5-7-19(24)29)31-21-15-34(26(37)25(21)22)27(38)39-28(2,3)4/h5-7,10-12,16,18,36H,8-9,14-15H2,1-4H3/t16-,18+/m0/s1. The molecule has 0 saturated carbocycles. The number of hydrogen-bond acceptors (Lipinski definition) is 8. The molecule has 2 aliphatic rings. The summed E-state index contributed by atoms with van der Waals surface area (Å²) in [5.74, 6) is -0.648. The first-order chi connectivity index (χ1) is 18.5. The second-order valence-electron chi connectivity index (χ2n) is 10.8. The molecule has 1 N–H and O–H groups in total. The highest BCUT2D eigenvalue weighted by molar-refractivity contribution is 6.08. The summed E-state index contributed by atoms with van der Waals surface area (Å²) in [6, 6.07) is 9.58. The molecule has 5 rings (SSSR count). The van der Waals surface area contributed by atoms with Gasteiger partial charge in [0.05, 0.1) is 52.5 Å². The van der Waals surface area contributed by atoms with Crippen LogP contribution in [0.4, 0.5) is 15.0 Å². The number of β-amino-alcohol motifs (C(OH)–C–C–N with tert-alkyl or cyclic N) is 1. The number of rotatable bonds is 3. The zero-order valence-electron chi connectivity index (χ0n) is 22.2. The van der Waals surface area contributed by atoms with Gasteiger partial charge < -0.3 is 14.7 Å². The highest BCUT2D eigenvalue weighted by atomic mass is 19.1. The maximum Gasteiger partial charge on any atom is 0.417 e. The molecule has 11 heteroatoms. The molecule has 4 heterocycles. The molecule has 2 atom stereocenters. The Balaban J connectivity index is 1.64. The summed E-state index contributed by atoms with van der Waals surface area (Å²) in [7, 11) is 0. The fraction of sp³-hybridized carbons (Fsp3) is 0.393. The average molecular weight is 533 g/mol. The fourth-order valence-corrected chi connectivity index (χ4v) is 4.95. The number of nitriles is 1. The van der Waals surface area contributed by atoms with Crippen LogP contribution in [0.25, 0.3) is 16.9 Å². The number of halogens is 1. The summed E-state index contributed by atoms with van der Waals surface area (Å²) >= 11 is 0. The molecule has 1 aromatic carbocycles. The average Bonchev–Trinajstić information content (AvgIpc) is 3.49. The second-order valence-corrected chi connectivity index (χ2v) is 10.8. The molecule has 2 aliphatic heterocycles. The quantitative estimate of drug-likeness (QED) is 0.533. The Morgan fingerprint density at radius 3 is 2.72 bits per heavy atom. The molecule has 10 nitrogen and oxygen atoms in total. The van der Waals surface area contributed by atoms with E-state index >= 15 is 4.39 Å². The first-order valence-corrected chi connectivity index (χ1v) is 12.8. The molecule has 0 radical (unpaired) electrons. The molecule has 2 aromatic heterocycles. The molecule has 0 unspecified atom stereocenters. The lowest BCUT2D eigenvalue weighted by atomic mass is 10.0. The SMILES string of the molecule is C[C@H]1CC[C@@H](O)CN1c1ccn(-c2cc(-c3c(F)cccc3C#N)nc3c2C(=O)N(C(=O)OC(C)(C)C)C3)n1. The van der Waals surface area contributed by atoms with Crippen LogP contribution >= 0.6 is 0 Å². The van der Waals surface area contributed by atoms with Gasteiger partial charge in [-0.15, -0.1) is 0 Å². The van der Waals surface area contributed by atoms with Gasteiger partial charge in [-0.3, -0.25) is 4.79 Å². The molecule has 0 spiro atoms. The third kappa shape index (κ3) is 4.95. The van der Waals surface area contributed by atoms with E-state index in [2.05, 4.69) is 17.0 Å². The van der Waals surface area contributed by atoms with Crippen molar-refractivity contribution in [3.8, 4) is 23.0 Å². The normalized spacial score (nSPS) is 19.2. The van der Waals surface area contributed by atoms with Crippen molar-refractivity contribution in [1.29, 1.82) is 5.26 Å². The number of amides is 2. The van der Waals surface area contributed by atoms with Gasteiger partial charge in [0.25, 0.3) is 5.91 Å². The van der Waals surface area contributed by atoms with E-state index in [1.165, 1.54) is 28.9 Å². The van der Waals surface area contributed by atoms with E-state index in [4.69, 9.17) is 4.74 Å². The highest BCUT2D eigenvalue weighted by Crippen LogP contribution is 2.35. The number of hydrogen-bond donors (Lipinski definition) is 1. The summed E-state index contributed by atoms with van der Waals surface area (Å²) in [6.07, 6.45) is 1.88. The fourth-order valence-electron chi connectivity index (χ4n) is 4.95. The molecule has 3 aromatic rings. The number of benzene rings is 1. The number of carbonyl (C=O) groups is 2. The van der Waals surface area contributed by atoms with Gasteiger partial charge in [0.1, 0.15) is 11.4 Å². The lowest BCUT2D eigenvalue weighted by Crippen LogP contribution is -2.44. The van der Waals surface area contributed by atoms with Crippen molar-refractivity contribution in [3.05, 3.63) is 59.2 Å². The summed E-state index contributed by atoms with van der Waals surface area (Å²) in [6.45, 7) is 7.40. The van der Waals surface area contributed by atoms with Crippen molar-refractivity contribution in [2.75, 3.05) is 11.4 Å². The van der Waals surface area contributed by atoms with Gasteiger partial charge in [0, 0.05) is 24.8 Å². The Bertz CT molecular complexity index is 1500. The van der Waals surface area contributed by atoms with Gasteiger partial charge in [0.2, 0.25) is 0 Å². The van der Waals surface area contributed by atoms with Gasteiger partial charge in [-0.05, 0) is 58.7 Å². The van der Waals surface area contributed by atoms with Crippen molar-refractivity contribution in [3.63, 3.8) is 0 Å². The minimum absolute atomic E-state index is 0.00706. The number of fused-ring (bicyclic) bond motifs is 1. The predicted molar refractivity (Wildman–Crippen MR) is 140 cm³/mol. The Kier molecular flexibility index (Phi) is 6.60. The Morgan fingerprint density at radius 1 is 1.23 bits per heavy atom. The zero-order chi connectivity index (χ0) is 28.1. The van der Waals surface area contributed by atoms with E-state index in [1.54, 1.807) is 33.0 Å². The van der Waals surface area contributed by atoms with Crippen LogP contribution in [0.2, 0.25) is 0 Å². The number of aliphatic hydroxyl groups is 1. The van der Waals surface area contributed by atoms with E-state index in [1.807, 2.05) is 11.0 Å². The van der Waals surface area contributed by atoms with E-state index in [0.29, 0.717) is 18.8 Å². The van der Waals surface area contributed by atoms with Crippen LogP contribution in [0.1, 0.15) is 62.2 Å². The van der Waals surface area contributed by atoms with Crippen LogP contribution in [0.15, 0.2) is 36.5 Å². The first-order valence-electron chi connectivity index (χ1n) is 12.8. The van der Waals surface area contributed by atoms with Crippen LogP contribution in [0.5, 0.6) is 0 Å². The van der Waals surface area contributed by atoms with Gasteiger partial charge in [-0.2, -0.15) is 10.4 Å². The van der Waals surface area contributed by atoms with E-state index < -0.39 is 29.5 Å². The maximum atomic E-state index is 15.0. The number of ether oxygens (including phenoxy) is 1. The van der Waals surface area contributed by atoms with Crippen LogP contribution in [-0.4, -0.2) is 61.1 Å². The largest absolute Gasteiger partial charge is 0.443 e. The molecule has 39 heavy (non-hydrogen) atoms. The summed E-state index contributed by atoms with van der Waals surface area (Å²) in [5.41, 5.74) is 0.0527. The summed E-state index contributed by atoms with van der Waals surface area (Å²) in [4.78, 5) is 33.9. The zero-order valence-corrected chi connectivity index (χ0v) is 22.2. The van der Waals surface area contributed by atoms with Crippen LogP contribution in [0.3, 0.4) is 0 Å². The molecule has 1 fully saturated rings. The third-order valence-corrected chi connectivity index (χ3v) is 6.82. The predicted octanol–water partition coefficient (Wildman–Crippen LogP) is 4.19. The lowest BCUT2D eigenvalue weighted by Gasteiger charge is -2.36. The van der Waals surface area contributed by atoms with Gasteiger partial charge in [-0.1, -0.05) is 6.07 Å². The Morgan fingerprint density at radius 2 is 2.00 bits per heavy atom. The number of aromatic nitrogens is 3. The highest BCUT2D eigenvalue weighted by Gasteiger charge is 2.39. The summed E-state index contributed by atoms with van der Waals surface area (Å²) in [5, 5.41) is 24.5. The number of imide groups is 1. The topological polar surface area (TPSA) is 125 Å². The number of pyridine rings is 1. The Labute approximate surface area is 225 Å². The molecule has 1 saturated heterocycles. The number of anilines is 1. The molecular weight excluding hydrogens is 503 g/mol. The molecule has 0 aliphatic carbocycles. The van der Waals surface area contributed by atoms with Gasteiger partial charge in [0.15, 0.2) is 5.82 Å². The Hall–Kier alpha value is -4.30. The van der Waals surface area contributed by atoms with Gasteiger partial charge >= 0.3 is 6.09 Å². The monoisotopic (exact) mass is 532 g/mol. The summed E-state index contributed by atoms with van der Waals surface area (Å²) < 4.78 is 21.9. The van der Waals surface area contributed by atoms with Crippen molar-refractivity contribution < 1.29 is 23.8 Å². The molecule has 2 amide bonds. The van der Waals surface area contributed by atoms with Crippen molar-refractivity contribution in [2.24, 2.45) is 0 Å². The van der Waals surface area contributed by atoms with Crippen molar-refractivity contribution in [1.82, 2.24) is 19.7 Å². The molecule has 202 valence electrons. The second kappa shape index (κ2) is 9.78. The number of carbonyl (C=O) groups excluding carboxylic acids is 2. The van der Waals surface area contributed by atoms with E-state index in [-0.39, 0.29) is 46.4 Å². The van der Waals surface area contributed by atoms with E-state index in [9.17, 15) is 20.0 Å². The van der Waals surface area contributed by atoms with Crippen LogP contribution in [0, 0.1) is 17.1 Å². The number of aliphatic hydroxyl groups excluding tert-OH is 1. The maximum absolute atomic E-state index is 15.0. The van der Waals surface area contributed by atoms with Crippen molar-refractivity contribution >= 4 is 17.8 Å². The minimum Gasteiger partial charge on any atom is -0.443 e. The van der Waals surface area contributed by atoms with Crippen LogP contribution in [-0.2, 0) is 11.3 Å². The molecule has 0 bridgehead atoms. The third-order valence-electron chi connectivity index (χ3n) is 6.82. The lowest BCUT2D eigenvalue weighted by molar-refractivity contribution is 0.0247. The number of nitrogens with zero attached hydrogens (tertiary/aromatic N) is 6. The smallest absolute Gasteiger partial charge is 0.417 e. The molecular formula is C28H29FN6O4. The number of piperidine rings is 1. The first kappa shape index (κ1) is 26.3. The van der Waals surface area contributed by atoms with Gasteiger partial charge in [-0.25, -0.2) is 23.8 Å². The van der Waals surface area contributed by atoms with Crippen LogP contribution < -0.4 is 4.90 Å². The van der Waals surface area contributed by atoms with E-state index in [0.717, 1.165) is 11.3 Å².